The van der Waals surface area contributed by atoms with Gasteiger partial charge in [0.1, 0.15) is 11.5 Å². The minimum Gasteiger partial charge on any atom is -0.423 e. The highest BCUT2D eigenvalue weighted by molar-refractivity contribution is 7.22. The number of hydrogen-bond acceptors (Lipinski definition) is 5. The highest BCUT2D eigenvalue weighted by atomic mass is 32.1. The van der Waals surface area contributed by atoms with E-state index < -0.39 is 0 Å². The van der Waals surface area contributed by atoms with E-state index >= 15 is 0 Å². The van der Waals surface area contributed by atoms with E-state index in [2.05, 4.69) is 6.07 Å². The van der Waals surface area contributed by atoms with Crippen LogP contribution in [0.1, 0.15) is 20.7 Å². The first-order chi connectivity index (χ1) is 16.2. The Balaban J connectivity index is 1.31. The highest BCUT2D eigenvalue weighted by Crippen LogP contribution is 2.36. The van der Waals surface area contributed by atoms with E-state index in [0.29, 0.717) is 22.6 Å². The van der Waals surface area contributed by atoms with Gasteiger partial charge >= 0.3 is 11.9 Å². The molecule has 0 N–H and O–H groups in total. The maximum Gasteiger partial charge on any atom is 0.343 e. The fourth-order valence-electron chi connectivity index (χ4n) is 3.38. The lowest BCUT2D eigenvalue weighted by molar-refractivity contribution is 0.0725. The fraction of sp³-hybridized carbons (Fsp3) is 0. The lowest BCUT2D eigenvalue weighted by Gasteiger charge is -2.05. The normalized spacial score (nSPS) is 10.7. The molecule has 0 saturated heterocycles. The van der Waals surface area contributed by atoms with Gasteiger partial charge in [-0.25, -0.2) is 9.59 Å². The Labute approximate surface area is 194 Å². The van der Waals surface area contributed by atoms with Gasteiger partial charge in [-0.15, -0.1) is 11.3 Å². The van der Waals surface area contributed by atoms with Crippen molar-refractivity contribution in [1.29, 1.82) is 0 Å². The maximum absolute atomic E-state index is 12.3. The summed E-state index contributed by atoms with van der Waals surface area (Å²) in [5, 5.41) is 1.06. The average molecular weight is 451 g/mol. The summed E-state index contributed by atoms with van der Waals surface area (Å²) >= 11 is 1.61. The van der Waals surface area contributed by atoms with Gasteiger partial charge in [-0.1, -0.05) is 36.4 Å². The first-order valence-corrected chi connectivity index (χ1v) is 11.2. The van der Waals surface area contributed by atoms with Crippen LogP contribution in [0, 0.1) is 0 Å². The Bertz CT molecular complexity index is 1420. The molecular formula is C28H18O4S. The molecule has 5 heteroatoms. The molecule has 0 saturated carbocycles. The molecule has 0 atom stereocenters. The fourth-order valence-corrected chi connectivity index (χ4v) is 4.48. The molecule has 0 aliphatic rings. The lowest BCUT2D eigenvalue weighted by atomic mass is 10.1. The van der Waals surface area contributed by atoms with Crippen LogP contribution in [0.15, 0.2) is 109 Å². The van der Waals surface area contributed by atoms with Crippen LogP contribution >= 0.6 is 11.3 Å². The number of benzene rings is 4. The molecular weight excluding hydrogens is 432 g/mol. The van der Waals surface area contributed by atoms with Crippen molar-refractivity contribution in [3.05, 3.63) is 120 Å². The number of thiophene rings is 1. The smallest absolute Gasteiger partial charge is 0.343 e. The summed E-state index contributed by atoms with van der Waals surface area (Å²) in [5.41, 5.74) is 2.03. The maximum atomic E-state index is 12.3. The minimum atomic E-state index is -0.386. The van der Waals surface area contributed by atoms with Crippen molar-refractivity contribution in [2.45, 2.75) is 0 Å². The van der Waals surface area contributed by atoms with Crippen LogP contribution in [0.2, 0.25) is 0 Å². The van der Waals surface area contributed by atoms with Crippen molar-refractivity contribution in [1.82, 2.24) is 0 Å². The number of carbonyl (C=O) groups is 2. The molecule has 0 aliphatic carbocycles. The predicted octanol–water partition coefficient (Wildman–Crippen LogP) is 7.01. The standard InChI is InChI=1S/C28H18O4S/c29-27(20-7-3-1-4-8-20)31-23-14-11-19(12-15-23)25-17-22-13-16-24(18-26(22)33-25)32-28(30)21-9-5-2-6-10-21/h1-18H. The summed E-state index contributed by atoms with van der Waals surface area (Å²) in [4.78, 5) is 25.6. The number of fused-ring (bicyclic) bond motifs is 1. The Morgan fingerprint density at radius 3 is 1.73 bits per heavy atom. The van der Waals surface area contributed by atoms with Crippen LogP contribution < -0.4 is 9.47 Å². The average Bonchev–Trinajstić information content (AvgIpc) is 3.29. The van der Waals surface area contributed by atoms with Crippen LogP contribution in [-0.4, -0.2) is 11.9 Å². The molecule has 0 radical (unpaired) electrons. The van der Waals surface area contributed by atoms with Gasteiger partial charge in [0.2, 0.25) is 0 Å². The summed E-state index contributed by atoms with van der Waals surface area (Å²) in [6.45, 7) is 0. The zero-order chi connectivity index (χ0) is 22.6. The zero-order valence-corrected chi connectivity index (χ0v) is 18.3. The molecule has 160 valence electrons. The topological polar surface area (TPSA) is 52.6 Å². The van der Waals surface area contributed by atoms with Gasteiger partial charge in [0.15, 0.2) is 0 Å². The van der Waals surface area contributed by atoms with Crippen molar-refractivity contribution >= 4 is 33.4 Å². The van der Waals surface area contributed by atoms with Gasteiger partial charge in [0.25, 0.3) is 0 Å². The molecule has 0 spiro atoms. The molecule has 33 heavy (non-hydrogen) atoms. The van der Waals surface area contributed by atoms with Crippen LogP contribution in [0.3, 0.4) is 0 Å². The number of ether oxygens (including phenoxy) is 2. The Hall–Kier alpha value is -4.22. The largest absolute Gasteiger partial charge is 0.423 e. The van der Waals surface area contributed by atoms with E-state index in [1.165, 1.54) is 0 Å². The highest BCUT2D eigenvalue weighted by Gasteiger charge is 2.11. The van der Waals surface area contributed by atoms with Crippen LogP contribution in [0.25, 0.3) is 20.5 Å². The molecule has 4 aromatic carbocycles. The van der Waals surface area contributed by atoms with Gasteiger partial charge in [0.05, 0.1) is 11.1 Å². The monoisotopic (exact) mass is 450 g/mol. The third-order valence-electron chi connectivity index (χ3n) is 5.07. The van der Waals surface area contributed by atoms with Gasteiger partial charge in [0, 0.05) is 9.58 Å². The molecule has 5 aromatic rings. The summed E-state index contributed by atoms with van der Waals surface area (Å²) in [5.74, 6) is 0.229. The van der Waals surface area contributed by atoms with Crippen molar-refractivity contribution in [3.8, 4) is 21.9 Å². The molecule has 0 aliphatic heterocycles. The summed E-state index contributed by atoms with van der Waals surface area (Å²) in [7, 11) is 0. The van der Waals surface area contributed by atoms with E-state index in [1.54, 1.807) is 78.1 Å². The third-order valence-corrected chi connectivity index (χ3v) is 6.22. The SMILES string of the molecule is O=C(Oc1ccc(-c2cc3ccc(OC(=O)c4ccccc4)cc3s2)cc1)c1ccccc1. The first-order valence-electron chi connectivity index (χ1n) is 10.3. The Morgan fingerprint density at radius 2 is 1.12 bits per heavy atom. The van der Waals surface area contributed by atoms with E-state index in [0.717, 1.165) is 20.5 Å². The lowest BCUT2D eigenvalue weighted by Crippen LogP contribution is -2.07. The van der Waals surface area contributed by atoms with Crippen LogP contribution in [0.4, 0.5) is 0 Å². The Morgan fingerprint density at radius 1 is 0.576 bits per heavy atom. The molecule has 4 nitrogen and oxygen atoms in total. The molecule has 1 aromatic heterocycles. The molecule has 0 unspecified atom stereocenters. The summed E-state index contributed by atoms with van der Waals surface area (Å²) in [6, 6.07) is 32.9. The van der Waals surface area contributed by atoms with Crippen molar-refractivity contribution in [2.75, 3.05) is 0 Å². The molecule has 0 amide bonds. The molecule has 5 rings (SSSR count). The van der Waals surface area contributed by atoms with E-state index in [1.807, 2.05) is 36.4 Å². The molecule has 0 bridgehead atoms. The first kappa shape index (κ1) is 20.7. The van der Waals surface area contributed by atoms with E-state index in [4.69, 9.17) is 9.47 Å². The number of hydrogen-bond donors (Lipinski definition) is 0. The van der Waals surface area contributed by atoms with Crippen molar-refractivity contribution < 1.29 is 19.1 Å². The quantitative estimate of drug-likeness (QED) is 0.214. The zero-order valence-electron chi connectivity index (χ0n) is 17.4. The number of carbonyl (C=O) groups excluding carboxylic acids is 2. The summed E-state index contributed by atoms with van der Waals surface area (Å²) in [6.07, 6.45) is 0. The third kappa shape index (κ3) is 4.68. The van der Waals surface area contributed by atoms with Crippen LogP contribution in [-0.2, 0) is 0 Å². The van der Waals surface area contributed by atoms with E-state index in [9.17, 15) is 9.59 Å². The van der Waals surface area contributed by atoms with Crippen molar-refractivity contribution in [3.63, 3.8) is 0 Å². The molecule has 0 fully saturated rings. The van der Waals surface area contributed by atoms with Crippen molar-refractivity contribution in [2.24, 2.45) is 0 Å². The second-order valence-corrected chi connectivity index (χ2v) is 8.43. The predicted molar refractivity (Wildman–Crippen MR) is 130 cm³/mol. The molecule has 1 heterocycles. The van der Waals surface area contributed by atoms with Gasteiger partial charge < -0.3 is 9.47 Å². The van der Waals surface area contributed by atoms with E-state index in [-0.39, 0.29) is 11.9 Å². The Kier molecular flexibility index (Phi) is 5.70. The second-order valence-electron chi connectivity index (χ2n) is 7.35. The van der Waals surface area contributed by atoms with Gasteiger partial charge in [-0.05, 0) is 83.7 Å². The van der Waals surface area contributed by atoms with Gasteiger partial charge in [-0.3, -0.25) is 0 Å². The second kappa shape index (κ2) is 9.10. The minimum absolute atomic E-state index is 0.382. The number of esters is 2. The summed E-state index contributed by atoms with van der Waals surface area (Å²) < 4.78 is 12.0. The van der Waals surface area contributed by atoms with Gasteiger partial charge in [-0.2, -0.15) is 0 Å². The number of rotatable bonds is 5. The van der Waals surface area contributed by atoms with Crippen LogP contribution in [0.5, 0.6) is 11.5 Å².